The molecule has 0 aliphatic carbocycles. The summed E-state index contributed by atoms with van der Waals surface area (Å²) in [6.07, 6.45) is 10.1. The minimum atomic E-state index is 0.860. The maximum atomic E-state index is 3.32. The van der Waals surface area contributed by atoms with E-state index >= 15 is 0 Å². The van der Waals surface area contributed by atoms with E-state index in [0.717, 1.165) is 24.7 Å². The van der Waals surface area contributed by atoms with Gasteiger partial charge in [0.25, 0.3) is 0 Å². The van der Waals surface area contributed by atoms with Crippen LogP contribution in [0, 0.1) is 23.7 Å². The molecule has 0 saturated heterocycles. The Labute approximate surface area is 103 Å². The Balaban J connectivity index is 3.41. The van der Waals surface area contributed by atoms with Crippen LogP contribution in [0.2, 0.25) is 0 Å². The van der Waals surface area contributed by atoms with Crippen LogP contribution in [-0.2, 0) is 0 Å². The first kappa shape index (κ1) is 15.6. The second kappa shape index (κ2) is 11.1. The highest BCUT2D eigenvalue weighted by Crippen LogP contribution is 2.12. The molecule has 0 N–H and O–H groups in total. The van der Waals surface area contributed by atoms with Gasteiger partial charge in [-0.2, -0.15) is 0 Å². The largest absolute Gasteiger partial charge is 0.103 e. The van der Waals surface area contributed by atoms with Crippen molar-refractivity contribution in [3.05, 3.63) is 0 Å². The van der Waals surface area contributed by atoms with E-state index in [9.17, 15) is 0 Å². The summed E-state index contributed by atoms with van der Waals surface area (Å²) < 4.78 is 0. The van der Waals surface area contributed by atoms with Gasteiger partial charge in [-0.25, -0.2) is 0 Å². The Kier molecular flexibility index (Phi) is 10.8. The molecule has 0 aliphatic heterocycles. The molecular weight excluding hydrogens is 192 g/mol. The molecule has 2 atom stereocenters. The number of hydrogen-bond donors (Lipinski definition) is 0. The number of hydrogen-bond acceptors (Lipinski definition) is 0. The topological polar surface area (TPSA) is 0 Å². The molecule has 2 unspecified atom stereocenters. The van der Waals surface area contributed by atoms with E-state index in [2.05, 4.69) is 39.5 Å². The van der Waals surface area contributed by atoms with Crippen molar-refractivity contribution < 1.29 is 0 Å². The smallest absolute Gasteiger partial charge is 0.00912 e. The highest BCUT2D eigenvalue weighted by atomic mass is 14.0. The molecule has 0 heteroatoms. The molecule has 16 heavy (non-hydrogen) atoms. The summed E-state index contributed by atoms with van der Waals surface area (Å²) in [4.78, 5) is 0. The van der Waals surface area contributed by atoms with Crippen molar-refractivity contribution in [2.45, 2.75) is 79.1 Å². The van der Waals surface area contributed by atoms with Crippen LogP contribution in [0.1, 0.15) is 79.1 Å². The first-order valence-electron chi connectivity index (χ1n) is 7.16. The highest BCUT2D eigenvalue weighted by Gasteiger charge is 1.99. The Morgan fingerprint density at radius 1 is 0.688 bits per heavy atom. The maximum Gasteiger partial charge on any atom is 0.00912 e. The average Bonchev–Trinajstić information content (AvgIpc) is 2.24. The zero-order valence-corrected chi connectivity index (χ0v) is 11.8. The Bertz CT molecular complexity index is 174. The molecule has 0 radical (unpaired) electrons. The molecule has 0 nitrogen and oxygen atoms in total. The van der Waals surface area contributed by atoms with E-state index in [1.807, 2.05) is 0 Å². The van der Waals surface area contributed by atoms with Crippen LogP contribution in [0.3, 0.4) is 0 Å². The quantitative estimate of drug-likeness (QED) is 0.481. The molecule has 0 spiro atoms. The summed E-state index contributed by atoms with van der Waals surface area (Å²) in [5.74, 6) is 8.36. The van der Waals surface area contributed by atoms with Gasteiger partial charge in [-0.1, -0.05) is 53.4 Å². The van der Waals surface area contributed by atoms with Gasteiger partial charge in [-0.05, 0) is 24.7 Å². The van der Waals surface area contributed by atoms with Crippen molar-refractivity contribution in [1.82, 2.24) is 0 Å². The summed E-state index contributed by atoms with van der Waals surface area (Å²) in [6.45, 7) is 9.21. The fourth-order valence-corrected chi connectivity index (χ4v) is 2.09. The van der Waals surface area contributed by atoms with E-state index < -0.39 is 0 Å². The molecule has 0 saturated carbocycles. The lowest BCUT2D eigenvalue weighted by molar-refractivity contribution is 0.490. The zero-order valence-electron chi connectivity index (χ0n) is 11.8. The molecule has 0 rings (SSSR count). The van der Waals surface area contributed by atoms with Gasteiger partial charge in [-0.15, -0.1) is 11.8 Å². The minimum absolute atomic E-state index is 0.860. The van der Waals surface area contributed by atoms with Crippen LogP contribution >= 0.6 is 0 Å². The second-order valence-corrected chi connectivity index (χ2v) is 5.22. The molecular formula is C16H30. The molecule has 0 heterocycles. The molecule has 94 valence electrons. The van der Waals surface area contributed by atoms with E-state index in [1.54, 1.807) is 0 Å². The van der Waals surface area contributed by atoms with Gasteiger partial charge in [0.1, 0.15) is 0 Å². The van der Waals surface area contributed by atoms with Crippen LogP contribution in [0.4, 0.5) is 0 Å². The zero-order chi connectivity index (χ0) is 12.2. The maximum absolute atomic E-state index is 3.32. The van der Waals surface area contributed by atoms with Crippen molar-refractivity contribution in [3.63, 3.8) is 0 Å². The van der Waals surface area contributed by atoms with Crippen molar-refractivity contribution in [2.24, 2.45) is 11.8 Å². The second-order valence-electron chi connectivity index (χ2n) is 5.22. The van der Waals surface area contributed by atoms with Gasteiger partial charge >= 0.3 is 0 Å². The average molecular weight is 222 g/mol. The summed E-state index contributed by atoms with van der Waals surface area (Å²) >= 11 is 0. The highest BCUT2D eigenvalue weighted by molar-refractivity contribution is 4.98. The van der Waals surface area contributed by atoms with Crippen molar-refractivity contribution in [1.29, 1.82) is 0 Å². The van der Waals surface area contributed by atoms with Gasteiger partial charge in [0.15, 0.2) is 0 Å². The van der Waals surface area contributed by atoms with Crippen molar-refractivity contribution in [3.8, 4) is 11.8 Å². The lowest BCUT2D eigenvalue weighted by Gasteiger charge is -2.06. The standard InChI is InChI=1S/C16H30/c1-5-11-15(3)13-9-7-8-10-14-16(4)12-6-2/h15-16H,5-6,9-14H2,1-4H3. The van der Waals surface area contributed by atoms with Gasteiger partial charge in [-0.3, -0.25) is 0 Å². The normalized spacial score (nSPS) is 14.0. The van der Waals surface area contributed by atoms with Crippen LogP contribution in [-0.4, -0.2) is 0 Å². The molecule has 0 bridgehead atoms. The molecule has 0 aromatic heterocycles. The lowest BCUT2D eigenvalue weighted by Crippen LogP contribution is -1.93. The van der Waals surface area contributed by atoms with Crippen LogP contribution in [0.5, 0.6) is 0 Å². The molecule has 0 fully saturated rings. The van der Waals surface area contributed by atoms with Gasteiger partial charge in [0.05, 0.1) is 0 Å². The van der Waals surface area contributed by atoms with Gasteiger partial charge < -0.3 is 0 Å². The Hall–Kier alpha value is -0.440. The van der Waals surface area contributed by atoms with Crippen LogP contribution in [0.15, 0.2) is 0 Å². The Morgan fingerprint density at radius 2 is 1.06 bits per heavy atom. The van der Waals surface area contributed by atoms with E-state index in [1.165, 1.54) is 38.5 Å². The van der Waals surface area contributed by atoms with E-state index in [0.29, 0.717) is 0 Å². The lowest BCUT2D eigenvalue weighted by atomic mass is 9.99. The summed E-state index contributed by atoms with van der Waals surface area (Å²) in [5.41, 5.74) is 0. The summed E-state index contributed by atoms with van der Waals surface area (Å²) in [7, 11) is 0. The minimum Gasteiger partial charge on any atom is -0.103 e. The van der Waals surface area contributed by atoms with Crippen LogP contribution in [0.25, 0.3) is 0 Å². The molecule has 0 aromatic rings. The first-order chi connectivity index (χ1) is 7.70. The first-order valence-corrected chi connectivity index (χ1v) is 7.16. The fraction of sp³-hybridized carbons (Fsp3) is 0.875. The third-order valence-corrected chi connectivity index (χ3v) is 3.21. The number of rotatable bonds is 8. The Morgan fingerprint density at radius 3 is 1.38 bits per heavy atom. The van der Waals surface area contributed by atoms with Crippen molar-refractivity contribution >= 4 is 0 Å². The van der Waals surface area contributed by atoms with Crippen molar-refractivity contribution in [2.75, 3.05) is 0 Å². The molecule has 0 aromatic carbocycles. The van der Waals surface area contributed by atoms with Gasteiger partial charge in [0, 0.05) is 12.8 Å². The SMILES string of the molecule is CCCC(C)CCC#CCCC(C)CCC. The predicted octanol–water partition coefficient (Wildman–Crippen LogP) is 5.42. The third-order valence-electron chi connectivity index (χ3n) is 3.21. The summed E-state index contributed by atoms with van der Waals surface area (Å²) in [6, 6.07) is 0. The predicted molar refractivity (Wildman–Crippen MR) is 74.4 cm³/mol. The molecule has 0 aliphatic rings. The monoisotopic (exact) mass is 222 g/mol. The van der Waals surface area contributed by atoms with E-state index in [-0.39, 0.29) is 0 Å². The third kappa shape index (κ3) is 10.1. The van der Waals surface area contributed by atoms with Crippen LogP contribution < -0.4 is 0 Å². The van der Waals surface area contributed by atoms with E-state index in [4.69, 9.17) is 0 Å². The summed E-state index contributed by atoms with van der Waals surface area (Å²) in [5, 5.41) is 0. The fourth-order valence-electron chi connectivity index (χ4n) is 2.09. The molecule has 0 amide bonds. The van der Waals surface area contributed by atoms with Gasteiger partial charge in [0.2, 0.25) is 0 Å².